The molecule has 1 amide bonds. The lowest BCUT2D eigenvalue weighted by Crippen LogP contribution is -2.43. The summed E-state index contributed by atoms with van der Waals surface area (Å²) < 4.78 is 13.4. The largest absolute Gasteiger partial charge is 0.481 e. The number of ether oxygens (including phenoxy) is 2. The predicted molar refractivity (Wildman–Crippen MR) is 179 cm³/mol. The van der Waals surface area contributed by atoms with Crippen LogP contribution in [0.4, 0.5) is 0 Å². The van der Waals surface area contributed by atoms with Crippen LogP contribution in [0.5, 0.6) is 0 Å². The predicted octanol–water partition coefficient (Wildman–Crippen LogP) is 5.69. The van der Waals surface area contributed by atoms with Crippen LogP contribution in [0, 0.1) is 5.92 Å². The van der Waals surface area contributed by atoms with E-state index >= 15 is 0 Å². The van der Waals surface area contributed by atoms with E-state index in [9.17, 15) is 14.7 Å². The molecule has 1 aromatic heterocycles. The number of carboxylic acids is 1. The maximum Gasteiger partial charge on any atom is 0.303 e. The van der Waals surface area contributed by atoms with Gasteiger partial charge >= 0.3 is 5.97 Å². The molecule has 4 aromatic rings. The van der Waals surface area contributed by atoms with Crippen LogP contribution in [0.15, 0.2) is 97.2 Å². The molecule has 0 spiro atoms. The van der Waals surface area contributed by atoms with E-state index in [1.54, 1.807) is 0 Å². The topological polar surface area (TPSA) is 121 Å². The number of pyridine rings is 1. The molecule has 2 heterocycles. The Balaban J connectivity index is 1.33. The van der Waals surface area contributed by atoms with Gasteiger partial charge in [-0.05, 0) is 59.1 Å². The highest BCUT2D eigenvalue weighted by molar-refractivity contribution is 5.80. The molecule has 47 heavy (non-hydrogen) atoms. The second-order valence-electron chi connectivity index (χ2n) is 12.2. The number of carbonyl (C=O) groups excluding carboxylic acids is 1. The summed E-state index contributed by atoms with van der Waals surface area (Å²) in [5.41, 5.74) is 6.73. The Morgan fingerprint density at radius 2 is 1.64 bits per heavy atom. The first-order valence-electron chi connectivity index (χ1n) is 16.1. The highest BCUT2D eigenvalue weighted by Gasteiger charge is 2.38. The number of amides is 1. The summed E-state index contributed by atoms with van der Waals surface area (Å²) in [5.74, 6) is -1.22. The van der Waals surface area contributed by atoms with E-state index in [1.165, 1.54) is 0 Å². The van der Waals surface area contributed by atoms with Gasteiger partial charge < -0.3 is 29.9 Å². The van der Waals surface area contributed by atoms with Gasteiger partial charge in [-0.3, -0.25) is 14.6 Å². The van der Waals surface area contributed by atoms with Crippen molar-refractivity contribution in [2.75, 3.05) is 20.1 Å². The maximum absolute atomic E-state index is 12.1. The first kappa shape index (κ1) is 33.9. The number of hydrogen-bond acceptors (Lipinski definition) is 7. The second-order valence-corrected chi connectivity index (χ2v) is 12.2. The SMILES string of the molecule is C[C@H]1[C@@H](CN(C)CCc2ccccn2)O[C@@H](c2cccc(-c3cccc(CNC(=O)CCC(=O)O)c3)c2)O[C@H]1c1ccc(CO)cc1. The molecule has 9 nitrogen and oxygen atoms in total. The fraction of sp³-hybridized carbons (Fsp3) is 0.342. The van der Waals surface area contributed by atoms with Gasteiger partial charge in [-0.1, -0.05) is 73.7 Å². The normalized spacial score (nSPS) is 19.4. The molecule has 1 fully saturated rings. The molecule has 1 saturated heterocycles. The summed E-state index contributed by atoms with van der Waals surface area (Å²) in [7, 11) is 2.11. The third-order valence-electron chi connectivity index (χ3n) is 8.57. The van der Waals surface area contributed by atoms with Gasteiger partial charge in [0.25, 0.3) is 0 Å². The zero-order valence-electron chi connectivity index (χ0n) is 26.9. The number of aliphatic hydroxyl groups is 1. The minimum Gasteiger partial charge on any atom is -0.481 e. The van der Waals surface area contributed by atoms with Crippen molar-refractivity contribution in [3.05, 3.63) is 125 Å². The highest BCUT2D eigenvalue weighted by Crippen LogP contribution is 2.42. The first-order chi connectivity index (χ1) is 22.8. The number of likely N-dealkylation sites (N-methyl/N-ethyl adjacent to an activating group) is 1. The number of carbonyl (C=O) groups is 2. The number of aliphatic hydroxyl groups excluding tert-OH is 1. The van der Waals surface area contributed by atoms with Gasteiger partial charge in [-0.25, -0.2) is 0 Å². The minimum atomic E-state index is -0.993. The quantitative estimate of drug-likeness (QED) is 0.161. The van der Waals surface area contributed by atoms with Crippen LogP contribution in [0.25, 0.3) is 11.1 Å². The number of aliphatic carboxylic acids is 1. The van der Waals surface area contributed by atoms with Crippen LogP contribution in [0.3, 0.4) is 0 Å². The Morgan fingerprint density at radius 1 is 0.872 bits per heavy atom. The Bertz CT molecular complexity index is 1610. The first-order valence-corrected chi connectivity index (χ1v) is 16.1. The molecule has 4 atom stereocenters. The average molecular weight is 638 g/mol. The molecule has 9 heteroatoms. The van der Waals surface area contributed by atoms with Crippen molar-refractivity contribution in [2.24, 2.45) is 5.92 Å². The van der Waals surface area contributed by atoms with E-state index in [0.717, 1.165) is 58.6 Å². The summed E-state index contributed by atoms with van der Waals surface area (Å²) in [4.78, 5) is 29.6. The van der Waals surface area contributed by atoms with Crippen LogP contribution >= 0.6 is 0 Å². The number of aromatic nitrogens is 1. The van der Waals surface area contributed by atoms with E-state index in [2.05, 4.69) is 35.2 Å². The van der Waals surface area contributed by atoms with Crippen molar-refractivity contribution < 1.29 is 29.3 Å². The standard InChI is InChI=1S/C38H43N3O6/c1-26-34(24-41(2)20-18-33-11-3-4-19-39-33)46-38(47-37(26)29-14-12-27(25-42)13-15-29)32-10-6-9-31(22-32)30-8-5-7-28(21-30)23-40-35(43)16-17-36(44)45/h3-15,19,21-22,26,34,37-38,42H,16-18,20,23-25H2,1-2H3,(H,40,43)(H,44,45)/t26-,34+,37+,38+/m0/s1. The maximum atomic E-state index is 12.1. The van der Waals surface area contributed by atoms with E-state index in [1.807, 2.05) is 91.1 Å². The molecular formula is C38H43N3O6. The second kappa shape index (κ2) is 16.4. The lowest BCUT2D eigenvalue weighted by atomic mass is 9.90. The molecule has 1 aliphatic rings. The van der Waals surface area contributed by atoms with Crippen LogP contribution in [0.1, 0.15) is 60.1 Å². The van der Waals surface area contributed by atoms with Crippen LogP contribution < -0.4 is 5.32 Å². The molecule has 1 aliphatic heterocycles. The zero-order chi connectivity index (χ0) is 33.2. The molecule has 0 bridgehead atoms. The van der Waals surface area contributed by atoms with Gasteiger partial charge in [0.05, 0.1) is 25.2 Å². The van der Waals surface area contributed by atoms with Gasteiger partial charge in [-0.15, -0.1) is 0 Å². The van der Waals surface area contributed by atoms with Crippen LogP contribution in [-0.2, 0) is 38.6 Å². The molecule has 3 aromatic carbocycles. The Kier molecular flexibility index (Phi) is 11.9. The number of carboxylic acid groups (broad SMARTS) is 1. The molecule has 0 unspecified atom stereocenters. The number of nitrogens with zero attached hydrogens (tertiary/aromatic N) is 2. The van der Waals surface area contributed by atoms with Crippen molar-refractivity contribution >= 4 is 11.9 Å². The van der Waals surface area contributed by atoms with E-state index in [4.69, 9.17) is 14.6 Å². The Labute approximate surface area is 276 Å². The molecule has 0 saturated carbocycles. The zero-order valence-corrected chi connectivity index (χ0v) is 26.9. The molecule has 0 radical (unpaired) electrons. The third kappa shape index (κ3) is 9.56. The lowest BCUT2D eigenvalue weighted by molar-refractivity contribution is -0.275. The van der Waals surface area contributed by atoms with E-state index in [-0.39, 0.29) is 43.5 Å². The minimum absolute atomic E-state index is 0.0120. The summed E-state index contributed by atoms with van der Waals surface area (Å²) in [6.07, 6.45) is 1.50. The summed E-state index contributed by atoms with van der Waals surface area (Å²) >= 11 is 0. The Morgan fingerprint density at radius 3 is 2.36 bits per heavy atom. The monoisotopic (exact) mass is 637 g/mol. The summed E-state index contributed by atoms with van der Waals surface area (Å²) in [6, 6.07) is 30.0. The molecule has 0 aliphatic carbocycles. The van der Waals surface area contributed by atoms with Gasteiger partial charge in [0.15, 0.2) is 6.29 Å². The van der Waals surface area contributed by atoms with E-state index < -0.39 is 12.3 Å². The van der Waals surface area contributed by atoms with Crippen molar-refractivity contribution in [1.29, 1.82) is 0 Å². The van der Waals surface area contributed by atoms with Crippen molar-refractivity contribution in [3.63, 3.8) is 0 Å². The fourth-order valence-electron chi connectivity index (χ4n) is 5.81. The summed E-state index contributed by atoms with van der Waals surface area (Å²) in [5, 5.41) is 21.2. The van der Waals surface area contributed by atoms with Gasteiger partial charge in [-0.2, -0.15) is 0 Å². The molecule has 5 rings (SSSR count). The van der Waals surface area contributed by atoms with Gasteiger partial charge in [0.2, 0.25) is 5.91 Å². The van der Waals surface area contributed by atoms with E-state index in [0.29, 0.717) is 6.54 Å². The van der Waals surface area contributed by atoms with Crippen LogP contribution in [-0.4, -0.2) is 58.2 Å². The molecular weight excluding hydrogens is 594 g/mol. The number of rotatable bonds is 14. The van der Waals surface area contributed by atoms with Crippen molar-refractivity contribution in [1.82, 2.24) is 15.2 Å². The van der Waals surface area contributed by atoms with Crippen LogP contribution in [0.2, 0.25) is 0 Å². The van der Waals surface area contributed by atoms with Gasteiger partial charge in [0, 0.05) is 55.8 Å². The summed E-state index contributed by atoms with van der Waals surface area (Å²) in [6.45, 7) is 4.03. The molecule has 246 valence electrons. The number of nitrogens with one attached hydrogen (secondary N) is 1. The third-order valence-corrected chi connectivity index (χ3v) is 8.57. The van der Waals surface area contributed by atoms with Crippen molar-refractivity contribution in [2.45, 2.75) is 57.8 Å². The fourth-order valence-corrected chi connectivity index (χ4v) is 5.81. The highest BCUT2D eigenvalue weighted by atomic mass is 16.7. The Hall–Kier alpha value is -4.41. The lowest BCUT2D eigenvalue weighted by Gasteiger charge is -2.42. The van der Waals surface area contributed by atoms with Gasteiger partial charge in [0.1, 0.15) is 0 Å². The van der Waals surface area contributed by atoms with Crippen molar-refractivity contribution in [3.8, 4) is 11.1 Å². The average Bonchev–Trinajstić information content (AvgIpc) is 3.10. The molecule has 3 N–H and O–H groups in total. The number of hydrogen-bond donors (Lipinski definition) is 3. The number of benzene rings is 3. The smallest absolute Gasteiger partial charge is 0.303 e.